The van der Waals surface area contributed by atoms with Crippen LogP contribution in [0.3, 0.4) is 0 Å². The molecule has 1 aliphatic rings. The second-order valence-corrected chi connectivity index (χ2v) is 5.41. The Hall–Kier alpha value is -1.75. The minimum Gasteiger partial charge on any atom is -0.495 e. The molecule has 0 unspecified atom stereocenters. The van der Waals surface area contributed by atoms with Gasteiger partial charge >= 0.3 is 0 Å². The first-order valence-corrected chi connectivity index (χ1v) is 6.92. The molecule has 0 atom stereocenters. The standard InChI is InChI=1S/C15H23N3O2/c1-17-8-6-12(7-9-17)18(2)15(19)11-4-5-14(20-3)13(16)10-11/h4-5,10,12H,6-9,16H2,1-3H3. The maximum atomic E-state index is 12.5. The van der Waals surface area contributed by atoms with Crippen LogP contribution in [0, 0.1) is 0 Å². The molecule has 0 spiro atoms. The zero-order valence-corrected chi connectivity index (χ0v) is 12.4. The molecule has 2 rings (SSSR count). The molecule has 1 aromatic rings. The first kappa shape index (κ1) is 14.7. The lowest BCUT2D eigenvalue weighted by molar-refractivity contribution is 0.0659. The molecular formula is C15H23N3O2. The molecule has 1 amide bonds. The molecule has 0 aromatic heterocycles. The number of nitrogens with zero attached hydrogens (tertiary/aromatic N) is 2. The molecule has 1 aromatic carbocycles. The van der Waals surface area contributed by atoms with Crippen molar-refractivity contribution in [3.8, 4) is 5.75 Å². The van der Waals surface area contributed by atoms with E-state index in [2.05, 4.69) is 11.9 Å². The summed E-state index contributed by atoms with van der Waals surface area (Å²) in [5.74, 6) is 0.623. The van der Waals surface area contributed by atoms with Gasteiger partial charge in [-0.05, 0) is 51.2 Å². The summed E-state index contributed by atoms with van der Waals surface area (Å²) >= 11 is 0. The van der Waals surface area contributed by atoms with Crippen molar-refractivity contribution in [3.63, 3.8) is 0 Å². The van der Waals surface area contributed by atoms with Crippen molar-refractivity contribution in [2.75, 3.05) is 40.0 Å². The van der Waals surface area contributed by atoms with Gasteiger partial charge in [0.1, 0.15) is 5.75 Å². The van der Waals surface area contributed by atoms with Crippen LogP contribution in [-0.4, -0.2) is 56.0 Å². The summed E-state index contributed by atoms with van der Waals surface area (Å²) in [7, 11) is 5.55. The highest BCUT2D eigenvalue weighted by Gasteiger charge is 2.24. The van der Waals surface area contributed by atoms with Crippen LogP contribution in [0.5, 0.6) is 5.75 Å². The van der Waals surface area contributed by atoms with Crippen LogP contribution in [-0.2, 0) is 0 Å². The van der Waals surface area contributed by atoms with E-state index in [0.29, 0.717) is 23.0 Å². The summed E-state index contributed by atoms with van der Waals surface area (Å²) in [5, 5.41) is 0. The van der Waals surface area contributed by atoms with Gasteiger partial charge in [-0.25, -0.2) is 0 Å². The number of rotatable bonds is 3. The van der Waals surface area contributed by atoms with Crippen LogP contribution >= 0.6 is 0 Å². The van der Waals surface area contributed by atoms with E-state index in [1.165, 1.54) is 0 Å². The topological polar surface area (TPSA) is 58.8 Å². The number of amides is 1. The van der Waals surface area contributed by atoms with Gasteiger partial charge in [-0.3, -0.25) is 4.79 Å². The van der Waals surface area contributed by atoms with E-state index in [-0.39, 0.29) is 5.91 Å². The summed E-state index contributed by atoms with van der Waals surface area (Å²) in [6, 6.07) is 5.50. The molecule has 0 aliphatic carbocycles. The second-order valence-electron chi connectivity index (χ2n) is 5.41. The summed E-state index contributed by atoms with van der Waals surface area (Å²) in [6.45, 7) is 2.07. The Morgan fingerprint density at radius 1 is 1.40 bits per heavy atom. The lowest BCUT2D eigenvalue weighted by Crippen LogP contribution is -2.44. The molecule has 5 nitrogen and oxygen atoms in total. The summed E-state index contributed by atoms with van der Waals surface area (Å²) < 4.78 is 5.11. The van der Waals surface area contributed by atoms with Crippen LogP contribution in [0.2, 0.25) is 0 Å². The Morgan fingerprint density at radius 3 is 2.60 bits per heavy atom. The maximum Gasteiger partial charge on any atom is 0.253 e. The molecule has 2 N–H and O–H groups in total. The minimum atomic E-state index is 0.0221. The largest absolute Gasteiger partial charge is 0.495 e. The van der Waals surface area contributed by atoms with Crippen molar-refractivity contribution in [2.24, 2.45) is 0 Å². The number of nitrogens with two attached hydrogens (primary N) is 1. The predicted molar refractivity (Wildman–Crippen MR) is 80.0 cm³/mol. The molecule has 5 heteroatoms. The highest BCUT2D eigenvalue weighted by molar-refractivity contribution is 5.95. The minimum absolute atomic E-state index is 0.0221. The quantitative estimate of drug-likeness (QED) is 0.849. The van der Waals surface area contributed by atoms with Gasteiger partial charge in [0.15, 0.2) is 0 Å². The molecule has 20 heavy (non-hydrogen) atoms. The van der Waals surface area contributed by atoms with Gasteiger partial charge in [0.2, 0.25) is 0 Å². The lowest BCUT2D eigenvalue weighted by atomic mass is 10.0. The van der Waals surface area contributed by atoms with Crippen LogP contribution in [0.4, 0.5) is 5.69 Å². The number of hydrogen-bond donors (Lipinski definition) is 1. The lowest BCUT2D eigenvalue weighted by Gasteiger charge is -2.35. The number of nitrogen functional groups attached to an aromatic ring is 1. The van der Waals surface area contributed by atoms with Crippen LogP contribution < -0.4 is 10.5 Å². The maximum absolute atomic E-state index is 12.5. The van der Waals surface area contributed by atoms with Crippen molar-refractivity contribution in [1.29, 1.82) is 0 Å². The predicted octanol–water partition coefficient (Wildman–Crippen LogP) is 1.44. The first-order valence-electron chi connectivity index (χ1n) is 6.92. The van der Waals surface area contributed by atoms with Crippen molar-refractivity contribution in [3.05, 3.63) is 23.8 Å². The normalized spacial score (nSPS) is 16.9. The second kappa shape index (κ2) is 6.13. The van der Waals surface area contributed by atoms with E-state index in [1.54, 1.807) is 25.3 Å². The summed E-state index contributed by atoms with van der Waals surface area (Å²) in [4.78, 5) is 16.6. The van der Waals surface area contributed by atoms with Gasteiger partial charge in [0.05, 0.1) is 12.8 Å². The van der Waals surface area contributed by atoms with E-state index in [0.717, 1.165) is 25.9 Å². The van der Waals surface area contributed by atoms with Crippen LogP contribution in [0.1, 0.15) is 23.2 Å². The molecule has 1 aliphatic heterocycles. The van der Waals surface area contributed by atoms with E-state index < -0.39 is 0 Å². The number of carbonyl (C=O) groups is 1. The van der Waals surface area contributed by atoms with Crippen LogP contribution in [0.25, 0.3) is 0 Å². The molecule has 110 valence electrons. The summed E-state index contributed by atoms with van der Waals surface area (Å²) in [6.07, 6.45) is 2.04. The Kier molecular flexibility index (Phi) is 4.49. The van der Waals surface area contributed by atoms with Crippen LogP contribution in [0.15, 0.2) is 18.2 Å². The highest BCUT2D eigenvalue weighted by atomic mass is 16.5. The summed E-state index contributed by atoms with van der Waals surface area (Å²) in [5.41, 5.74) is 6.98. The third kappa shape index (κ3) is 3.04. The number of benzene rings is 1. The fourth-order valence-corrected chi connectivity index (χ4v) is 2.62. The molecule has 1 fully saturated rings. The van der Waals surface area contributed by atoms with Crippen molar-refractivity contribution < 1.29 is 9.53 Å². The number of hydrogen-bond acceptors (Lipinski definition) is 4. The van der Waals surface area contributed by atoms with Crippen molar-refractivity contribution in [1.82, 2.24) is 9.80 Å². The Morgan fingerprint density at radius 2 is 2.05 bits per heavy atom. The highest BCUT2D eigenvalue weighted by Crippen LogP contribution is 2.24. The van der Waals surface area contributed by atoms with E-state index >= 15 is 0 Å². The van der Waals surface area contributed by atoms with Gasteiger partial charge in [0, 0.05) is 18.7 Å². The average Bonchev–Trinajstić information content (AvgIpc) is 2.46. The molecule has 0 radical (unpaired) electrons. The zero-order chi connectivity index (χ0) is 14.7. The molecule has 0 bridgehead atoms. The molecular weight excluding hydrogens is 254 g/mol. The fourth-order valence-electron chi connectivity index (χ4n) is 2.62. The van der Waals surface area contributed by atoms with Gasteiger partial charge in [0.25, 0.3) is 5.91 Å². The zero-order valence-electron chi connectivity index (χ0n) is 12.4. The van der Waals surface area contributed by atoms with Crippen molar-refractivity contribution >= 4 is 11.6 Å². The van der Waals surface area contributed by atoms with Gasteiger partial charge < -0.3 is 20.3 Å². The monoisotopic (exact) mass is 277 g/mol. The third-order valence-corrected chi connectivity index (χ3v) is 4.03. The Bertz CT molecular complexity index is 482. The number of anilines is 1. The Labute approximate surface area is 120 Å². The van der Waals surface area contributed by atoms with Gasteiger partial charge in [-0.2, -0.15) is 0 Å². The SMILES string of the molecule is COc1ccc(C(=O)N(C)C2CCN(C)CC2)cc1N. The van der Waals surface area contributed by atoms with E-state index in [1.807, 2.05) is 11.9 Å². The van der Waals surface area contributed by atoms with E-state index in [9.17, 15) is 4.79 Å². The number of likely N-dealkylation sites (tertiary alicyclic amines) is 1. The molecule has 1 saturated heterocycles. The number of ether oxygens (including phenoxy) is 1. The average molecular weight is 277 g/mol. The molecule has 0 saturated carbocycles. The smallest absolute Gasteiger partial charge is 0.253 e. The van der Waals surface area contributed by atoms with Gasteiger partial charge in [-0.15, -0.1) is 0 Å². The van der Waals surface area contributed by atoms with E-state index in [4.69, 9.17) is 10.5 Å². The number of carbonyl (C=O) groups excluding carboxylic acids is 1. The van der Waals surface area contributed by atoms with Gasteiger partial charge in [-0.1, -0.05) is 0 Å². The third-order valence-electron chi connectivity index (χ3n) is 4.03. The fraction of sp³-hybridized carbons (Fsp3) is 0.533. The number of piperidine rings is 1. The number of methoxy groups -OCH3 is 1. The Balaban J connectivity index is 2.08. The first-order chi connectivity index (χ1) is 9.52. The van der Waals surface area contributed by atoms with Crippen molar-refractivity contribution in [2.45, 2.75) is 18.9 Å². The molecule has 1 heterocycles.